The van der Waals surface area contributed by atoms with Crippen molar-refractivity contribution in [2.75, 3.05) is 5.32 Å². The highest BCUT2D eigenvalue weighted by molar-refractivity contribution is 14.1. The first kappa shape index (κ1) is 13.6. The fourth-order valence-corrected chi connectivity index (χ4v) is 2.25. The Morgan fingerprint density at radius 1 is 1.16 bits per heavy atom. The van der Waals surface area contributed by atoms with Gasteiger partial charge >= 0.3 is 0 Å². The second-order valence-electron chi connectivity index (χ2n) is 3.97. The molecule has 0 saturated carbocycles. The monoisotopic (exact) mass is 362 g/mol. The van der Waals surface area contributed by atoms with Crippen LogP contribution in [-0.4, -0.2) is 5.91 Å². The minimum absolute atomic E-state index is 0.310. The zero-order valence-corrected chi connectivity index (χ0v) is 12.2. The molecule has 1 unspecified atom stereocenters. The van der Waals surface area contributed by atoms with Crippen molar-refractivity contribution in [3.8, 4) is 6.07 Å². The zero-order valence-electron chi connectivity index (χ0n) is 10.0. The maximum absolute atomic E-state index is 12.1. The third-order valence-electron chi connectivity index (χ3n) is 2.62. The fraction of sp³-hybridized carbons (Fsp3) is 0.0667. The van der Waals surface area contributed by atoms with E-state index < -0.39 is 5.92 Å². The van der Waals surface area contributed by atoms with Crippen molar-refractivity contribution in [2.45, 2.75) is 5.92 Å². The number of hydrogen-bond acceptors (Lipinski definition) is 2. The molecule has 3 nitrogen and oxygen atoms in total. The van der Waals surface area contributed by atoms with Gasteiger partial charge in [0, 0.05) is 9.26 Å². The Hall–Kier alpha value is -1.87. The molecule has 2 rings (SSSR count). The summed E-state index contributed by atoms with van der Waals surface area (Å²) in [6.45, 7) is 0. The van der Waals surface area contributed by atoms with E-state index in [1.54, 1.807) is 18.2 Å². The third kappa shape index (κ3) is 3.55. The van der Waals surface area contributed by atoms with Crippen LogP contribution in [0.3, 0.4) is 0 Å². The molecule has 0 heterocycles. The lowest BCUT2D eigenvalue weighted by Crippen LogP contribution is -2.19. The molecule has 1 amide bonds. The number of nitrogens with one attached hydrogen (secondary N) is 1. The number of benzene rings is 2. The molecule has 0 aliphatic rings. The van der Waals surface area contributed by atoms with E-state index >= 15 is 0 Å². The molecule has 4 heteroatoms. The molecule has 0 saturated heterocycles. The maximum Gasteiger partial charge on any atom is 0.246 e. The minimum atomic E-state index is -0.793. The second-order valence-corrected chi connectivity index (χ2v) is 5.22. The van der Waals surface area contributed by atoms with E-state index in [9.17, 15) is 10.1 Å². The van der Waals surface area contributed by atoms with E-state index in [1.807, 2.05) is 42.5 Å². The highest BCUT2D eigenvalue weighted by atomic mass is 127. The van der Waals surface area contributed by atoms with Crippen molar-refractivity contribution >= 4 is 34.2 Å². The van der Waals surface area contributed by atoms with Crippen molar-refractivity contribution in [3.63, 3.8) is 0 Å². The Kier molecular flexibility index (Phi) is 4.53. The molecule has 1 N–H and O–H groups in total. The summed E-state index contributed by atoms with van der Waals surface area (Å²) in [7, 11) is 0. The number of amides is 1. The molecule has 1 atom stereocenters. The first-order chi connectivity index (χ1) is 9.20. The van der Waals surface area contributed by atoms with Crippen molar-refractivity contribution in [1.29, 1.82) is 5.26 Å². The lowest BCUT2D eigenvalue weighted by atomic mass is 10.00. The number of hydrogen-bond donors (Lipinski definition) is 1. The quantitative estimate of drug-likeness (QED) is 0.850. The Balaban J connectivity index is 2.17. The van der Waals surface area contributed by atoms with Gasteiger partial charge in [-0.2, -0.15) is 5.26 Å². The van der Waals surface area contributed by atoms with Crippen molar-refractivity contribution < 1.29 is 4.79 Å². The first-order valence-corrected chi connectivity index (χ1v) is 6.79. The molecule has 0 fully saturated rings. The van der Waals surface area contributed by atoms with Gasteiger partial charge in [0.15, 0.2) is 5.92 Å². The van der Waals surface area contributed by atoms with Gasteiger partial charge in [0.05, 0.1) is 6.07 Å². The van der Waals surface area contributed by atoms with Crippen LogP contribution in [0.4, 0.5) is 5.69 Å². The molecule has 0 aromatic heterocycles. The van der Waals surface area contributed by atoms with Gasteiger partial charge in [-0.3, -0.25) is 4.79 Å². The maximum atomic E-state index is 12.1. The molecule has 0 aliphatic heterocycles. The predicted molar refractivity (Wildman–Crippen MR) is 82.6 cm³/mol. The van der Waals surface area contributed by atoms with E-state index in [0.29, 0.717) is 11.3 Å². The van der Waals surface area contributed by atoms with Gasteiger partial charge in [-0.05, 0) is 46.4 Å². The average Bonchev–Trinajstić information content (AvgIpc) is 2.41. The molecule has 2 aromatic carbocycles. The van der Waals surface area contributed by atoms with Crippen molar-refractivity contribution in [2.24, 2.45) is 0 Å². The highest BCUT2D eigenvalue weighted by Crippen LogP contribution is 2.18. The van der Waals surface area contributed by atoms with Crippen LogP contribution in [0.2, 0.25) is 0 Å². The third-order valence-corrected chi connectivity index (χ3v) is 3.29. The molecule has 0 spiro atoms. The smallest absolute Gasteiger partial charge is 0.246 e. The number of nitriles is 1. The fourth-order valence-electron chi connectivity index (χ4n) is 1.71. The van der Waals surface area contributed by atoms with Gasteiger partial charge in [0.2, 0.25) is 5.91 Å². The summed E-state index contributed by atoms with van der Waals surface area (Å²) in [4.78, 5) is 12.1. The van der Waals surface area contributed by atoms with Crippen LogP contribution in [0, 0.1) is 14.9 Å². The lowest BCUT2D eigenvalue weighted by Gasteiger charge is -2.10. The largest absolute Gasteiger partial charge is 0.325 e. The highest BCUT2D eigenvalue weighted by Gasteiger charge is 2.19. The Morgan fingerprint density at radius 2 is 1.89 bits per heavy atom. The molecule has 0 bridgehead atoms. The average molecular weight is 362 g/mol. The molecule has 2 aromatic rings. The second kappa shape index (κ2) is 6.34. The van der Waals surface area contributed by atoms with E-state index in [4.69, 9.17) is 0 Å². The lowest BCUT2D eigenvalue weighted by molar-refractivity contribution is -0.116. The zero-order chi connectivity index (χ0) is 13.7. The van der Waals surface area contributed by atoms with Gasteiger partial charge in [-0.1, -0.05) is 36.4 Å². The van der Waals surface area contributed by atoms with Gasteiger partial charge in [0.1, 0.15) is 0 Å². The summed E-state index contributed by atoms with van der Waals surface area (Å²) in [5, 5.41) is 11.9. The predicted octanol–water partition coefficient (Wildman–Crippen LogP) is 3.54. The molecule has 0 radical (unpaired) electrons. The minimum Gasteiger partial charge on any atom is -0.325 e. The van der Waals surface area contributed by atoms with Crippen LogP contribution >= 0.6 is 22.6 Å². The van der Waals surface area contributed by atoms with E-state index in [1.165, 1.54) is 0 Å². The van der Waals surface area contributed by atoms with Gasteiger partial charge in [0.25, 0.3) is 0 Å². The summed E-state index contributed by atoms with van der Waals surface area (Å²) in [5.74, 6) is -1.10. The van der Waals surface area contributed by atoms with Crippen molar-refractivity contribution in [1.82, 2.24) is 0 Å². The molecular formula is C15H11IN2O. The Labute approximate surface area is 125 Å². The number of carbonyl (C=O) groups excluding carboxylic acids is 1. The van der Waals surface area contributed by atoms with Crippen LogP contribution in [0.25, 0.3) is 0 Å². The number of carbonyl (C=O) groups is 1. The van der Waals surface area contributed by atoms with Crippen molar-refractivity contribution in [3.05, 3.63) is 63.7 Å². The van der Waals surface area contributed by atoms with Crippen LogP contribution in [0.5, 0.6) is 0 Å². The topological polar surface area (TPSA) is 52.9 Å². The number of nitrogens with zero attached hydrogens (tertiary/aromatic N) is 1. The first-order valence-electron chi connectivity index (χ1n) is 5.71. The summed E-state index contributed by atoms with van der Waals surface area (Å²) >= 11 is 2.17. The standard InChI is InChI=1S/C15H11IN2O/c16-12-7-4-8-13(9-12)18-15(19)14(10-17)11-5-2-1-3-6-11/h1-9,14H,(H,18,19). The number of halogens is 1. The number of anilines is 1. The Morgan fingerprint density at radius 3 is 2.53 bits per heavy atom. The summed E-state index contributed by atoms with van der Waals surface area (Å²) in [6, 6.07) is 18.6. The Bertz CT molecular complexity index is 620. The summed E-state index contributed by atoms with van der Waals surface area (Å²) in [6.07, 6.45) is 0. The number of rotatable bonds is 3. The SMILES string of the molecule is N#CC(C(=O)Nc1cccc(I)c1)c1ccccc1. The van der Waals surface area contributed by atoms with E-state index in [-0.39, 0.29) is 5.91 Å². The molecule has 0 aliphatic carbocycles. The van der Waals surface area contributed by atoms with Gasteiger partial charge < -0.3 is 5.32 Å². The summed E-state index contributed by atoms with van der Waals surface area (Å²) < 4.78 is 1.03. The normalized spacial score (nSPS) is 11.4. The van der Waals surface area contributed by atoms with E-state index in [0.717, 1.165) is 3.57 Å². The van der Waals surface area contributed by atoms with Gasteiger partial charge in [-0.25, -0.2) is 0 Å². The molecule has 19 heavy (non-hydrogen) atoms. The molecule has 94 valence electrons. The van der Waals surface area contributed by atoms with E-state index in [2.05, 4.69) is 27.9 Å². The van der Waals surface area contributed by atoms with Crippen LogP contribution in [0.15, 0.2) is 54.6 Å². The van der Waals surface area contributed by atoms with Crippen LogP contribution in [-0.2, 0) is 4.79 Å². The van der Waals surface area contributed by atoms with Gasteiger partial charge in [-0.15, -0.1) is 0 Å². The van der Waals surface area contributed by atoms with Crippen LogP contribution < -0.4 is 5.32 Å². The van der Waals surface area contributed by atoms with Crippen LogP contribution in [0.1, 0.15) is 11.5 Å². The summed E-state index contributed by atoms with van der Waals surface area (Å²) in [5.41, 5.74) is 1.40. The molecular weight excluding hydrogens is 351 g/mol.